The number of Topliss-reactive ketones (excluding diaryl/α,β-unsaturated/α-hetero) is 1. The van der Waals surface area contributed by atoms with Crippen molar-refractivity contribution in [1.82, 2.24) is 0 Å². The van der Waals surface area contributed by atoms with Crippen LogP contribution in [0.1, 0.15) is 29.3 Å². The van der Waals surface area contributed by atoms with Crippen molar-refractivity contribution in [3.63, 3.8) is 0 Å². The van der Waals surface area contributed by atoms with E-state index >= 15 is 0 Å². The maximum Gasteiger partial charge on any atom is 0.162 e. The van der Waals surface area contributed by atoms with Crippen LogP contribution in [0.3, 0.4) is 0 Å². The first-order chi connectivity index (χ1) is 8.70. The molecule has 0 N–H and O–H groups in total. The third-order valence-corrected chi connectivity index (χ3v) is 2.80. The lowest BCUT2D eigenvalue weighted by Crippen LogP contribution is -1.96. The van der Waals surface area contributed by atoms with Crippen molar-refractivity contribution in [3.8, 4) is 11.5 Å². The zero-order chi connectivity index (χ0) is 13.0. The molecule has 0 unspecified atom stereocenters. The number of ketones is 1. The number of hydrogen-bond acceptors (Lipinski definition) is 2. The molecule has 0 fully saturated rings. The molecule has 18 heavy (non-hydrogen) atoms. The number of hydrogen-bond donors (Lipinski definition) is 0. The van der Waals surface area contributed by atoms with Gasteiger partial charge in [-0.3, -0.25) is 4.79 Å². The Balaban J connectivity index is 2.25. The van der Waals surface area contributed by atoms with Gasteiger partial charge in [0, 0.05) is 12.0 Å². The van der Waals surface area contributed by atoms with Crippen LogP contribution in [0, 0.1) is 6.92 Å². The predicted molar refractivity (Wildman–Crippen MR) is 72.3 cm³/mol. The van der Waals surface area contributed by atoms with Crippen molar-refractivity contribution < 1.29 is 9.53 Å². The van der Waals surface area contributed by atoms with Gasteiger partial charge in [-0.05, 0) is 30.7 Å². The number of ether oxygens (including phenoxy) is 1. The van der Waals surface area contributed by atoms with E-state index in [9.17, 15) is 4.79 Å². The van der Waals surface area contributed by atoms with Gasteiger partial charge in [-0.25, -0.2) is 0 Å². The van der Waals surface area contributed by atoms with E-state index in [2.05, 4.69) is 0 Å². The van der Waals surface area contributed by atoms with Gasteiger partial charge in [-0.15, -0.1) is 0 Å². The van der Waals surface area contributed by atoms with E-state index in [0.29, 0.717) is 17.7 Å². The third kappa shape index (κ3) is 2.77. The molecule has 92 valence electrons. The van der Waals surface area contributed by atoms with Crippen molar-refractivity contribution in [3.05, 3.63) is 59.7 Å². The summed E-state index contributed by atoms with van der Waals surface area (Å²) >= 11 is 0. The van der Waals surface area contributed by atoms with Gasteiger partial charge in [0.1, 0.15) is 11.5 Å². The first kappa shape index (κ1) is 12.4. The fraction of sp³-hybridized carbons (Fsp3) is 0.188. The highest BCUT2D eigenvalue weighted by Crippen LogP contribution is 2.25. The molecule has 0 aliphatic heterocycles. The standard InChI is InChI=1S/C16H16O2/c1-3-15(17)13-8-6-9-14(11-13)18-16-10-5-4-7-12(16)2/h4-11H,3H2,1-2H3. The molecule has 0 aliphatic rings. The zero-order valence-corrected chi connectivity index (χ0v) is 10.6. The Hall–Kier alpha value is -2.09. The Morgan fingerprint density at radius 2 is 1.89 bits per heavy atom. The van der Waals surface area contributed by atoms with Crippen molar-refractivity contribution in [2.24, 2.45) is 0 Å². The molecule has 0 spiro atoms. The largest absolute Gasteiger partial charge is 0.457 e. The maximum atomic E-state index is 11.6. The van der Waals surface area contributed by atoms with Crippen LogP contribution in [0.15, 0.2) is 48.5 Å². The van der Waals surface area contributed by atoms with E-state index in [1.807, 2.05) is 56.3 Å². The molecule has 0 aromatic heterocycles. The molecule has 2 heteroatoms. The quantitative estimate of drug-likeness (QED) is 0.741. The summed E-state index contributed by atoms with van der Waals surface area (Å²) in [5, 5.41) is 0. The van der Waals surface area contributed by atoms with Crippen LogP contribution in [0.5, 0.6) is 11.5 Å². The molecule has 0 bridgehead atoms. The van der Waals surface area contributed by atoms with Crippen molar-refractivity contribution in [2.75, 3.05) is 0 Å². The summed E-state index contributed by atoms with van der Waals surface area (Å²) in [6.07, 6.45) is 0.508. The minimum Gasteiger partial charge on any atom is -0.457 e. The van der Waals surface area contributed by atoms with Crippen LogP contribution < -0.4 is 4.74 Å². The Morgan fingerprint density at radius 3 is 2.61 bits per heavy atom. The lowest BCUT2D eigenvalue weighted by atomic mass is 10.1. The SMILES string of the molecule is CCC(=O)c1cccc(Oc2ccccc2C)c1. The molecule has 0 amide bonds. The van der Waals surface area contributed by atoms with Gasteiger partial charge in [-0.1, -0.05) is 37.3 Å². The molecule has 0 saturated carbocycles. The summed E-state index contributed by atoms with van der Waals surface area (Å²) in [5.74, 6) is 1.65. The van der Waals surface area contributed by atoms with Crippen LogP contribution in [0.25, 0.3) is 0 Å². The van der Waals surface area contributed by atoms with Gasteiger partial charge in [0.25, 0.3) is 0 Å². The lowest BCUT2D eigenvalue weighted by Gasteiger charge is -2.09. The smallest absolute Gasteiger partial charge is 0.162 e. The summed E-state index contributed by atoms with van der Waals surface area (Å²) in [6.45, 7) is 3.85. The van der Waals surface area contributed by atoms with Gasteiger partial charge in [0.15, 0.2) is 5.78 Å². The number of carbonyl (C=O) groups excluding carboxylic acids is 1. The first-order valence-corrected chi connectivity index (χ1v) is 6.07. The van der Waals surface area contributed by atoms with E-state index in [1.54, 1.807) is 6.07 Å². The highest BCUT2D eigenvalue weighted by atomic mass is 16.5. The molecule has 0 heterocycles. The second-order valence-corrected chi connectivity index (χ2v) is 4.17. The van der Waals surface area contributed by atoms with E-state index in [4.69, 9.17) is 4.74 Å². The Kier molecular flexibility index (Phi) is 3.78. The first-order valence-electron chi connectivity index (χ1n) is 6.07. The second kappa shape index (κ2) is 5.50. The summed E-state index contributed by atoms with van der Waals surface area (Å²) in [6, 6.07) is 15.1. The average molecular weight is 240 g/mol. The zero-order valence-electron chi connectivity index (χ0n) is 10.6. The minimum absolute atomic E-state index is 0.130. The van der Waals surface area contributed by atoms with E-state index < -0.39 is 0 Å². The van der Waals surface area contributed by atoms with Crippen LogP contribution in [-0.2, 0) is 0 Å². The topological polar surface area (TPSA) is 26.3 Å². The third-order valence-electron chi connectivity index (χ3n) is 2.80. The fourth-order valence-corrected chi connectivity index (χ4v) is 1.74. The molecule has 2 nitrogen and oxygen atoms in total. The molecule has 0 aliphatic carbocycles. The highest BCUT2D eigenvalue weighted by molar-refractivity contribution is 5.96. The van der Waals surface area contributed by atoms with Gasteiger partial charge in [-0.2, -0.15) is 0 Å². The molecule has 0 radical (unpaired) electrons. The number of carbonyl (C=O) groups is 1. The van der Waals surface area contributed by atoms with E-state index in [0.717, 1.165) is 11.3 Å². The Bertz CT molecular complexity index is 559. The summed E-state index contributed by atoms with van der Waals surface area (Å²) in [4.78, 5) is 11.6. The van der Waals surface area contributed by atoms with E-state index in [1.165, 1.54) is 0 Å². The number of benzene rings is 2. The number of rotatable bonds is 4. The maximum absolute atomic E-state index is 11.6. The van der Waals surface area contributed by atoms with Gasteiger partial charge >= 0.3 is 0 Å². The summed E-state index contributed by atoms with van der Waals surface area (Å²) < 4.78 is 5.79. The highest BCUT2D eigenvalue weighted by Gasteiger charge is 2.05. The predicted octanol–water partition coefficient (Wildman–Crippen LogP) is 4.38. The van der Waals surface area contributed by atoms with Crippen LogP contribution in [-0.4, -0.2) is 5.78 Å². The minimum atomic E-state index is 0.130. The molecular weight excluding hydrogens is 224 g/mol. The molecule has 0 atom stereocenters. The Morgan fingerprint density at radius 1 is 1.11 bits per heavy atom. The molecule has 2 aromatic carbocycles. The van der Waals surface area contributed by atoms with Gasteiger partial charge in [0.2, 0.25) is 0 Å². The average Bonchev–Trinajstić information content (AvgIpc) is 2.41. The lowest BCUT2D eigenvalue weighted by molar-refractivity contribution is 0.0988. The monoisotopic (exact) mass is 240 g/mol. The number of aryl methyl sites for hydroxylation is 1. The molecule has 2 rings (SSSR count). The molecule has 0 saturated heterocycles. The fourth-order valence-electron chi connectivity index (χ4n) is 1.74. The van der Waals surface area contributed by atoms with Crippen molar-refractivity contribution >= 4 is 5.78 Å². The molecule has 2 aromatic rings. The summed E-state index contributed by atoms with van der Waals surface area (Å²) in [5.41, 5.74) is 1.77. The van der Waals surface area contributed by atoms with Crippen molar-refractivity contribution in [2.45, 2.75) is 20.3 Å². The normalized spacial score (nSPS) is 10.1. The molecular formula is C16H16O2. The van der Waals surface area contributed by atoms with Crippen molar-refractivity contribution in [1.29, 1.82) is 0 Å². The van der Waals surface area contributed by atoms with Gasteiger partial charge < -0.3 is 4.74 Å². The van der Waals surface area contributed by atoms with E-state index in [-0.39, 0.29) is 5.78 Å². The van der Waals surface area contributed by atoms with Crippen LogP contribution in [0.2, 0.25) is 0 Å². The van der Waals surface area contributed by atoms with Crippen LogP contribution >= 0.6 is 0 Å². The van der Waals surface area contributed by atoms with Crippen LogP contribution in [0.4, 0.5) is 0 Å². The second-order valence-electron chi connectivity index (χ2n) is 4.17. The van der Waals surface area contributed by atoms with Gasteiger partial charge in [0.05, 0.1) is 0 Å². The summed E-state index contributed by atoms with van der Waals surface area (Å²) in [7, 11) is 0. The number of para-hydroxylation sites is 1. The Labute approximate surface area is 107 Å².